The molecular formula is C31H42ClN7O2. The first-order valence-corrected chi connectivity index (χ1v) is 14.3. The zero-order chi connectivity index (χ0) is 28.8. The Bertz CT molecular complexity index is 1460. The average Bonchev–Trinajstić information content (AvgIpc) is 3.55. The minimum Gasteiger partial charge on any atom is -0.331 e. The Labute approximate surface area is 248 Å². The van der Waals surface area contributed by atoms with E-state index in [9.17, 15) is 9.59 Å². The highest BCUT2D eigenvalue weighted by molar-refractivity contribution is 6.10. The quantitative estimate of drug-likeness (QED) is 0.226. The molecule has 0 spiro atoms. The van der Waals surface area contributed by atoms with Crippen molar-refractivity contribution in [3.63, 3.8) is 0 Å². The molecule has 0 unspecified atom stereocenters. The van der Waals surface area contributed by atoms with Crippen molar-refractivity contribution >= 4 is 29.6 Å². The Kier molecular flexibility index (Phi) is 11.2. The van der Waals surface area contributed by atoms with Gasteiger partial charge in [0.1, 0.15) is 0 Å². The molecule has 41 heavy (non-hydrogen) atoms. The second kappa shape index (κ2) is 14.4. The molecule has 1 aromatic carbocycles. The second-order valence-electron chi connectivity index (χ2n) is 10.6. The molecule has 220 valence electrons. The summed E-state index contributed by atoms with van der Waals surface area (Å²) in [4.78, 5) is 30.1. The number of aryl methyl sites for hydroxylation is 3. The molecule has 0 radical (unpaired) electrons. The van der Waals surface area contributed by atoms with Crippen molar-refractivity contribution in [2.75, 3.05) is 13.1 Å². The number of tetrazole rings is 1. The molecule has 3 heterocycles. The number of nitrogens with zero attached hydrogens (tertiary/aromatic N) is 6. The molecule has 0 saturated heterocycles. The fourth-order valence-electron chi connectivity index (χ4n) is 5.17. The van der Waals surface area contributed by atoms with E-state index in [2.05, 4.69) is 53.6 Å². The van der Waals surface area contributed by atoms with Crippen LogP contribution in [0.3, 0.4) is 0 Å². The molecule has 0 aliphatic carbocycles. The van der Waals surface area contributed by atoms with Crippen LogP contribution in [0, 0.1) is 5.92 Å². The zero-order valence-corrected chi connectivity index (χ0v) is 25.7. The van der Waals surface area contributed by atoms with Crippen molar-refractivity contribution < 1.29 is 9.59 Å². The molecule has 0 fully saturated rings. The minimum atomic E-state index is -0.117. The first kappa shape index (κ1) is 32.0. The fourth-order valence-corrected chi connectivity index (χ4v) is 5.17. The number of amides is 1. The third kappa shape index (κ3) is 7.40. The van der Waals surface area contributed by atoms with E-state index < -0.39 is 0 Å². The van der Waals surface area contributed by atoms with Crippen LogP contribution in [0.2, 0.25) is 0 Å². The number of halogens is 1. The van der Waals surface area contributed by atoms with Crippen LogP contribution in [-0.4, -0.2) is 60.3 Å². The Morgan fingerprint density at radius 3 is 2.34 bits per heavy atom. The van der Waals surface area contributed by atoms with E-state index in [-0.39, 0.29) is 30.6 Å². The number of rotatable bonds is 13. The lowest BCUT2D eigenvalue weighted by Gasteiger charge is -2.21. The van der Waals surface area contributed by atoms with Crippen molar-refractivity contribution in [3.8, 4) is 0 Å². The Morgan fingerprint density at radius 1 is 1.02 bits per heavy atom. The molecule has 3 aromatic heterocycles. The summed E-state index contributed by atoms with van der Waals surface area (Å²) in [6, 6.07) is 14.1. The summed E-state index contributed by atoms with van der Waals surface area (Å²) < 4.78 is 1.90. The topological polar surface area (TPSA) is 97.4 Å². The molecule has 9 nitrogen and oxygen atoms in total. The van der Waals surface area contributed by atoms with E-state index in [1.54, 1.807) is 18.0 Å². The van der Waals surface area contributed by atoms with Gasteiger partial charge in [0.05, 0.1) is 19.3 Å². The highest BCUT2D eigenvalue weighted by Crippen LogP contribution is 2.23. The Hall–Kier alpha value is -3.56. The molecule has 1 N–H and O–H groups in total. The Balaban J connectivity index is 0.00000462. The van der Waals surface area contributed by atoms with Gasteiger partial charge < -0.3 is 14.6 Å². The van der Waals surface area contributed by atoms with Crippen LogP contribution in [-0.2, 0) is 26.4 Å². The van der Waals surface area contributed by atoms with Crippen molar-refractivity contribution in [3.05, 3.63) is 82.4 Å². The second-order valence-corrected chi connectivity index (χ2v) is 10.6. The number of fused-ring (bicyclic) bond motifs is 1. The SMILES string of the molecule is CCN[C@H](CCc1ccc(C(=O)c2c(CC)cc3cc(C(=O)N(CC)Cc4nnn(C)n4)ccn23)cc1)C(C)C.Cl. The molecule has 4 rings (SSSR count). The summed E-state index contributed by atoms with van der Waals surface area (Å²) in [5.41, 5.74) is 4.88. The number of hydrogen-bond acceptors (Lipinski definition) is 6. The standard InChI is InChI=1S/C31H41N7O2.ClH/c1-7-23-18-26-19-25(31(40)37(9-3)20-28-33-35-36(6)34-28)16-17-38(26)29(23)30(39)24-13-10-22(11-14-24)12-15-27(21(4)5)32-8-2;/h10-11,13-14,16-19,21,27,32H,7-9,12,15,20H2,1-6H3;1H/t27-;/m1./s1. The first-order valence-electron chi connectivity index (χ1n) is 14.3. The molecular weight excluding hydrogens is 538 g/mol. The zero-order valence-electron chi connectivity index (χ0n) is 24.9. The largest absolute Gasteiger partial charge is 0.331 e. The van der Waals surface area contributed by atoms with Crippen molar-refractivity contribution in [1.29, 1.82) is 0 Å². The van der Waals surface area contributed by atoms with Crippen LogP contribution in [0.4, 0.5) is 0 Å². The van der Waals surface area contributed by atoms with E-state index >= 15 is 0 Å². The highest BCUT2D eigenvalue weighted by atomic mass is 35.5. The van der Waals surface area contributed by atoms with Crippen molar-refractivity contribution in [1.82, 2.24) is 34.8 Å². The molecule has 0 aliphatic heterocycles. The highest BCUT2D eigenvalue weighted by Gasteiger charge is 2.22. The van der Waals surface area contributed by atoms with Gasteiger partial charge in [-0.3, -0.25) is 9.59 Å². The lowest BCUT2D eigenvalue weighted by atomic mass is 9.95. The number of hydrogen-bond donors (Lipinski definition) is 1. The number of pyridine rings is 1. The lowest BCUT2D eigenvalue weighted by Crippen LogP contribution is -2.34. The van der Waals surface area contributed by atoms with Crippen LogP contribution in [0.25, 0.3) is 5.52 Å². The summed E-state index contributed by atoms with van der Waals surface area (Å²) in [5, 5.41) is 15.6. The monoisotopic (exact) mass is 579 g/mol. The van der Waals surface area contributed by atoms with Crippen LogP contribution in [0.1, 0.15) is 84.4 Å². The number of ketones is 1. The summed E-state index contributed by atoms with van der Waals surface area (Å²) in [6.45, 7) is 12.4. The molecule has 0 saturated carbocycles. The van der Waals surface area contributed by atoms with E-state index in [1.807, 2.05) is 48.7 Å². The molecule has 1 amide bonds. The molecule has 4 aromatic rings. The van der Waals surface area contributed by atoms with Gasteiger partial charge in [0, 0.05) is 35.4 Å². The average molecular weight is 580 g/mol. The van der Waals surface area contributed by atoms with Gasteiger partial charge in [-0.25, -0.2) is 0 Å². The van der Waals surface area contributed by atoms with Gasteiger partial charge in [-0.15, -0.1) is 22.6 Å². The molecule has 10 heteroatoms. The number of aromatic nitrogens is 5. The van der Waals surface area contributed by atoms with Gasteiger partial charge in [-0.05, 0) is 73.2 Å². The summed E-state index contributed by atoms with van der Waals surface area (Å²) in [7, 11) is 1.70. The van der Waals surface area contributed by atoms with E-state index in [0.717, 1.165) is 30.5 Å². The first-order chi connectivity index (χ1) is 19.2. The molecule has 1 atom stereocenters. The maximum absolute atomic E-state index is 13.7. The van der Waals surface area contributed by atoms with E-state index in [4.69, 9.17) is 0 Å². The van der Waals surface area contributed by atoms with Crippen LogP contribution >= 0.6 is 12.4 Å². The Morgan fingerprint density at radius 2 is 1.76 bits per heavy atom. The van der Waals surface area contributed by atoms with Gasteiger partial charge in [0.25, 0.3) is 5.91 Å². The van der Waals surface area contributed by atoms with Crippen LogP contribution in [0.15, 0.2) is 48.7 Å². The number of carbonyl (C=O) groups excluding carboxylic acids is 2. The summed E-state index contributed by atoms with van der Waals surface area (Å²) in [6.07, 6.45) is 4.57. The van der Waals surface area contributed by atoms with E-state index in [0.29, 0.717) is 47.6 Å². The fraction of sp³-hybridized carbons (Fsp3) is 0.452. The van der Waals surface area contributed by atoms with Gasteiger partial charge in [0.15, 0.2) is 5.82 Å². The van der Waals surface area contributed by atoms with Gasteiger partial charge >= 0.3 is 0 Å². The predicted octanol–water partition coefficient (Wildman–Crippen LogP) is 4.91. The van der Waals surface area contributed by atoms with Gasteiger partial charge in [-0.1, -0.05) is 52.0 Å². The van der Waals surface area contributed by atoms with Crippen molar-refractivity contribution in [2.24, 2.45) is 13.0 Å². The smallest absolute Gasteiger partial charge is 0.254 e. The van der Waals surface area contributed by atoms with Crippen LogP contribution < -0.4 is 5.32 Å². The minimum absolute atomic E-state index is 0. The lowest BCUT2D eigenvalue weighted by molar-refractivity contribution is 0.0748. The summed E-state index contributed by atoms with van der Waals surface area (Å²) >= 11 is 0. The third-order valence-corrected chi connectivity index (χ3v) is 7.48. The number of carbonyl (C=O) groups is 2. The summed E-state index contributed by atoms with van der Waals surface area (Å²) in [5.74, 6) is 0.936. The molecule has 0 aliphatic rings. The predicted molar refractivity (Wildman–Crippen MR) is 164 cm³/mol. The normalized spacial score (nSPS) is 12.0. The van der Waals surface area contributed by atoms with Crippen LogP contribution in [0.5, 0.6) is 0 Å². The van der Waals surface area contributed by atoms with Gasteiger partial charge in [0.2, 0.25) is 5.78 Å². The number of benzene rings is 1. The molecule has 0 bridgehead atoms. The third-order valence-electron chi connectivity index (χ3n) is 7.48. The maximum Gasteiger partial charge on any atom is 0.254 e. The number of nitrogens with one attached hydrogen (secondary N) is 1. The van der Waals surface area contributed by atoms with Gasteiger partial charge in [-0.2, -0.15) is 4.80 Å². The maximum atomic E-state index is 13.7. The van der Waals surface area contributed by atoms with E-state index in [1.165, 1.54) is 10.4 Å². The van der Waals surface area contributed by atoms with Crippen molar-refractivity contribution in [2.45, 2.75) is 66.5 Å².